The van der Waals surface area contributed by atoms with Crippen LogP contribution in [0, 0.1) is 17.8 Å². The van der Waals surface area contributed by atoms with Gasteiger partial charge in [0.05, 0.1) is 0 Å². The van der Waals surface area contributed by atoms with E-state index >= 15 is 0 Å². The van der Waals surface area contributed by atoms with E-state index in [1.807, 2.05) is 6.92 Å². The first-order valence-corrected chi connectivity index (χ1v) is 6.67. The Morgan fingerprint density at radius 2 is 1.94 bits per heavy atom. The van der Waals surface area contributed by atoms with Crippen LogP contribution in [0.1, 0.15) is 45.4 Å². The van der Waals surface area contributed by atoms with Gasteiger partial charge in [-0.1, -0.05) is 13.3 Å². The Labute approximate surface area is 102 Å². The molecule has 2 amide bonds. The molecule has 0 aromatic heterocycles. The molecule has 4 heteroatoms. The molecular formula is C13H22N2O2. The van der Waals surface area contributed by atoms with Crippen LogP contribution in [-0.2, 0) is 9.59 Å². The molecule has 2 aliphatic rings. The van der Waals surface area contributed by atoms with Gasteiger partial charge in [0.2, 0.25) is 11.8 Å². The standard InChI is InChI=1S/C13H22N2O2/c1-8(9-3-2-4-9)13(17)15-11-6-5-10(7-11)12(14)16/h8-11H,2-7H2,1H3,(H2,14,16)(H,15,17)/t8?,10-,11+/m0/s1. The molecule has 0 aromatic rings. The van der Waals surface area contributed by atoms with Gasteiger partial charge in [0.25, 0.3) is 0 Å². The Morgan fingerprint density at radius 1 is 1.24 bits per heavy atom. The van der Waals surface area contributed by atoms with Crippen LogP contribution in [0.25, 0.3) is 0 Å². The minimum Gasteiger partial charge on any atom is -0.369 e. The molecule has 2 fully saturated rings. The third kappa shape index (κ3) is 2.79. The van der Waals surface area contributed by atoms with Crippen molar-refractivity contribution in [1.82, 2.24) is 5.32 Å². The number of hydrogen-bond acceptors (Lipinski definition) is 2. The highest BCUT2D eigenvalue weighted by molar-refractivity contribution is 5.80. The molecule has 17 heavy (non-hydrogen) atoms. The first-order valence-electron chi connectivity index (χ1n) is 6.67. The summed E-state index contributed by atoms with van der Waals surface area (Å²) >= 11 is 0. The Kier molecular flexibility index (Phi) is 3.69. The first kappa shape index (κ1) is 12.4. The van der Waals surface area contributed by atoms with Gasteiger partial charge in [-0.15, -0.1) is 0 Å². The maximum atomic E-state index is 12.0. The molecule has 0 radical (unpaired) electrons. The van der Waals surface area contributed by atoms with Crippen LogP contribution >= 0.6 is 0 Å². The van der Waals surface area contributed by atoms with Crippen molar-refractivity contribution in [2.24, 2.45) is 23.5 Å². The van der Waals surface area contributed by atoms with Gasteiger partial charge in [0, 0.05) is 17.9 Å². The lowest BCUT2D eigenvalue weighted by Crippen LogP contribution is -2.40. The van der Waals surface area contributed by atoms with E-state index in [-0.39, 0.29) is 29.7 Å². The summed E-state index contributed by atoms with van der Waals surface area (Å²) in [5.74, 6) is 0.581. The SMILES string of the molecule is CC(C(=O)N[C@@H]1CC[C@H](C(N)=O)C1)C1CCC1. The van der Waals surface area contributed by atoms with Crippen molar-refractivity contribution in [1.29, 1.82) is 0 Å². The van der Waals surface area contributed by atoms with E-state index in [0.29, 0.717) is 5.92 Å². The van der Waals surface area contributed by atoms with Crippen LogP contribution < -0.4 is 11.1 Å². The molecule has 0 saturated heterocycles. The lowest BCUT2D eigenvalue weighted by molar-refractivity contribution is -0.128. The van der Waals surface area contributed by atoms with Crippen molar-refractivity contribution in [2.75, 3.05) is 0 Å². The molecule has 0 spiro atoms. The molecule has 3 atom stereocenters. The molecule has 0 aliphatic heterocycles. The van der Waals surface area contributed by atoms with Gasteiger partial charge in [0.1, 0.15) is 0 Å². The maximum Gasteiger partial charge on any atom is 0.223 e. The highest BCUT2D eigenvalue weighted by Gasteiger charge is 2.33. The average molecular weight is 238 g/mol. The fourth-order valence-corrected chi connectivity index (χ4v) is 2.86. The third-order valence-corrected chi connectivity index (χ3v) is 4.45. The van der Waals surface area contributed by atoms with Crippen molar-refractivity contribution in [3.05, 3.63) is 0 Å². The lowest BCUT2D eigenvalue weighted by atomic mass is 9.76. The van der Waals surface area contributed by atoms with E-state index in [9.17, 15) is 9.59 Å². The van der Waals surface area contributed by atoms with Gasteiger partial charge in [-0.2, -0.15) is 0 Å². The summed E-state index contributed by atoms with van der Waals surface area (Å²) in [6, 6.07) is 0.155. The van der Waals surface area contributed by atoms with E-state index in [2.05, 4.69) is 5.32 Å². The minimum atomic E-state index is -0.228. The van der Waals surface area contributed by atoms with E-state index in [4.69, 9.17) is 5.73 Å². The minimum absolute atomic E-state index is 0.0423. The number of carbonyl (C=O) groups is 2. The van der Waals surface area contributed by atoms with Crippen LogP contribution in [0.15, 0.2) is 0 Å². The number of nitrogens with one attached hydrogen (secondary N) is 1. The van der Waals surface area contributed by atoms with Crippen molar-refractivity contribution in [2.45, 2.75) is 51.5 Å². The Morgan fingerprint density at radius 3 is 2.41 bits per heavy atom. The first-order chi connectivity index (χ1) is 8.08. The summed E-state index contributed by atoms with van der Waals surface area (Å²) in [6.45, 7) is 2.01. The molecule has 3 N–H and O–H groups in total. The quantitative estimate of drug-likeness (QED) is 0.772. The highest BCUT2D eigenvalue weighted by Crippen LogP contribution is 2.34. The molecule has 0 bridgehead atoms. The summed E-state index contributed by atoms with van der Waals surface area (Å²) in [5.41, 5.74) is 5.28. The van der Waals surface area contributed by atoms with Crippen LogP contribution in [0.3, 0.4) is 0 Å². The predicted octanol–water partition coefficient (Wildman–Crippen LogP) is 1.19. The molecule has 2 rings (SSSR count). The maximum absolute atomic E-state index is 12.0. The fourth-order valence-electron chi connectivity index (χ4n) is 2.86. The van der Waals surface area contributed by atoms with E-state index < -0.39 is 0 Å². The molecule has 0 aromatic carbocycles. The van der Waals surface area contributed by atoms with Gasteiger partial charge in [-0.3, -0.25) is 9.59 Å². The summed E-state index contributed by atoms with van der Waals surface area (Å²) < 4.78 is 0. The van der Waals surface area contributed by atoms with E-state index in [1.54, 1.807) is 0 Å². The molecule has 1 unspecified atom stereocenters. The summed E-state index contributed by atoms with van der Waals surface area (Å²) in [6.07, 6.45) is 6.05. The van der Waals surface area contributed by atoms with Crippen molar-refractivity contribution < 1.29 is 9.59 Å². The Hall–Kier alpha value is -1.06. The highest BCUT2D eigenvalue weighted by atomic mass is 16.2. The van der Waals surface area contributed by atoms with Crippen LogP contribution in [0.2, 0.25) is 0 Å². The Balaban J connectivity index is 1.77. The molecular weight excluding hydrogens is 216 g/mol. The average Bonchev–Trinajstić information content (AvgIpc) is 2.63. The largest absolute Gasteiger partial charge is 0.369 e. The van der Waals surface area contributed by atoms with Gasteiger partial charge in [-0.25, -0.2) is 0 Å². The number of carbonyl (C=O) groups excluding carboxylic acids is 2. The Bertz CT molecular complexity index is 313. The zero-order chi connectivity index (χ0) is 12.4. The predicted molar refractivity (Wildman–Crippen MR) is 65.0 cm³/mol. The molecule has 0 heterocycles. The monoisotopic (exact) mass is 238 g/mol. The van der Waals surface area contributed by atoms with Crippen LogP contribution in [0.4, 0.5) is 0 Å². The zero-order valence-corrected chi connectivity index (χ0v) is 10.4. The number of primary amides is 1. The smallest absolute Gasteiger partial charge is 0.223 e. The molecule has 96 valence electrons. The van der Waals surface area contributed by atoms with Crippen LogP contribution in [0.5, 0.6) is 0 Å². The third-order valence-electron chi connectivity index (χ3n) is 4.45. The molecule has 4 nitrogen and oxygen atoms in total. The van der Waals surface area contributed by atoms with Gasteiger partial charge in [0.15, 0.2) is 0 Å². The van der Waals surface area contributed by atoms with Crippen molar-refractivity contribution in [3.63, 3.8) is 0 Å². The zero-order valence-electron chi connectivity index (χ0n) is 10.4. The second-order valence-electron chi connectivity index (χ2n) is 5.60. The van der Waals surface area contributed by atoms with Crippen LogP contribution in [-0.4, -0.2) is 17.9 Å². The summed E-state index contributed by atoms with van der Waals surface area (Å²) in [5, 5.41) is 3.07. The second-order valence-corrected chi connectivity index (χ2v) is 5.60. The molecule has 2 aliphatic carbocycles. The van der Waals surface area contributed by atoms with E-state index in [1.165, 1.54) is 19.3 Å². The lowest BCUT2D eigenvalue weighted by Gasteiger charge is -2.31. The fraction of sp³-hybridized carbons (Fsp3) is 0.846. The molecule has 2 saturated carbocycles. The normalized spacial score (nSPS) is 30.6. The van der Waals surface area contributed by atoms with Gasteiger partial charge >= 0.3 is 0 Å². The number of rotatable bonds is 4. The number of amides is 2. The van der Waals surface area contributed by atoms with E-state index in [0.717, 1.165) is 19.3 Å². The number of nitrogens with two attached hydrogens (primary N) is 1. The number of hydrogen-bond donors (Lipinski definition) is 2. The summed E-state index contributed by atoms with van der Waals surface area (Å²) in [7, 11) is 0. The second kappa shape index (κ2) is 5.07. The van der Waals surface area contributed by atoms with Crippen molar-refractivity contribution in [3.8, 4) is 0 Å². The topological polar surface area (TPSA) is 72.2 Å². The summed E-state index contributed by atoms with van der Waals surface area (Å²) in [4.78, 5) is 23.0. The van der Waals surface area contributed by atoms with Gasteiger partial charge in [-0.05, 0) is 38.0 Å². The van der Waals surface area contributed by atoms with Crippen molar-refractivity contribution >= 4 is 11.8 Å². The van der Waals surface area contributed by atoms with Gasteiger partial charge < -0.3 is 11.1 Å².